The molecule has 0 atom stereocenters. The number of hydrogen-bond acceptors (Lipinski definition) is 1. The zero-order valence-corrected chi connectivity index (χ0v) is 33.4. The molecule has 2 heteroatoms. The van der Waals surface area contributed by atoms with Crippen LogP contribution < -0.4 is 5.73 Å². The van der Waals surface area contributed by atoms with Crippen molar-refractivity contribution in [3.05, 3.63) is 234 Å². The SMILES string of the molecule is CC1(C)c2ccccc2-c2cc(-c3ccc(-c4ccc(/C(=C/Cc5cccc(-c6ccc7ccccc7c6)c5)N=C(N)c5ccccc5)c5ccccc45)cc3)ccc21. The number of amidine groups is 1. The summed E-state index contributed by atoms with van der Waals surface area (Å²) in [5.74, 6) is 0.490. The Morgan fingerprint density at radius 2 is 1.12 bits per heavy atom. The van der Waals surface area contributed by atoms with Gasteiger partial charge in [-0.1, -0.05) is 208 Å². The average molecular weight is 757 g/mol. The van der Waals surface area contributed by atoms with Gasteiger partial charge in [0.25, 0.3) is 0 Å². The number of allylic oxidation sites excluding steroid dienone is 1. The Morgan fingerprint density at radius 3 is 1.97 bits per heavy atom. The minimum atomic E-state index is -0.00131. The van der Waals surface area contributed by atoms with Crippen molar-refractivity contribution in [2.75, 3.05) is 0 Å². The molecular weight excluding hydrogens is 713 g/mol. The summed E-state index contributed by atoms with van der Waals surface area (Å²) in [7, 11) is 0. The fourth-order valence-corrected chi connectivity index (χ4v) is 9.00. The summed E-state index contributed by atoms with van der Waals surface area (Å²) in [5, 5.41) is 4.79. The standard InChI is InChI=1S/C57H44N2/c1-57(2)53-22-11-10-21-50(53)52-37-46(30-33-54(52)57)40-24-27-41(28-25-40)47-31-32-51(49-20-9-8-19-48(47)49)55(59-56(58)42-15-4-3-5-16-42)34-23-38-13-12-18-43(35-38)45-29-26-39-14-6-7-17-44(39)36-45/h3-22,24-37H,23H2,1-2H3,(H2,58,59)/b55-34-. The largest absolute Gasteiger partial charge is 0.383 e. The van der Waals surface area contributed by atoms with Crippen LogP contribution in [0.5, 0.6) is 0 Å². The third-order valence-electron chi connectivity index (χ3n) is 12.2. The van der Waals surface area contributed by atoms with Gasteiger partial charge in [0.1, 0.15) is 5.84 Å². The molecule has 0 heterocycles. The van der Waals surface area contributed by atoms with E-state index in [1.54, 1.807) is 0 Å². The first-order valence-corrected chi connectivity index (χ1v) is 20.5. The van der Waals surface area contributed by atoms with Crippen LogP contribution in [0.1, 0.15) is 41.7 Å². The Morgan fingerprint density at radius 1 is 0.475 bits per heavy atom. The molecule has 0 amide bonds. The first-order valence-electron chi connectivity index (χ1n) is 20.5. The molecule has 0 aromatic heterocycles. The van der Waals surface area contributed by atoms with Crippen LogP contribution in [0.3, 0.4) is 0 Å². The van der Waals surface area contributed by atoms with Gasteiger partial charge in [0.15, 0.2) is 0 Å². The Balaban J connectivity index is 1.00. The summed E-state index contributed by atoms with van der Waals surface area (Å²) in [6, 6.07) is 72.0. The van der Waals surface area contributed by atoms with Crippen molar-refractivity contribution < 1.29 is 0 Å². The Bertz CT molecular complexity index is 3090. The van der Waals surface area contributed by atoms with Crippen molar-refractivity contribution in [2.24, 2.45) is 10.7 Å². The predicted molar refractivity (Wildman–Crippen MR) is 251 cm³/mol. The van der Waals surface area contributed by atoms with E-state index in [2.05, 4.69) is 190 Å². The van der Waals surface area contributed by atoms with Crippen molar-refractivity contribution in [2.45, 2.75) is 25.7 Å². The number of aliphatic imine (C=N–C) groups is 1. The van der Waals surface area contributed by atoms with Gasteiger partial charge in [-0.3, -0.25) is 0 Å². The summed E-state index contributed by atoms with van der Waals surface area (Å²) in [6.07, 6.45) is 2.92. The number of fused-ring (bicyclic) bond motifs is 5. The zero-order valence-electron chi connectivity index (χ0n) is 33.4. The Labute approximate surface area is 346 Å². The van der Waals surface area contributed by atoms with Crippen LogP contribution in [0.25, 0.3) is 71.7 Å². The molecule has 0 saturated heterocycles. The van der Waals surface area contributed by atoms with E-state index in [9.17, 15) is 0 Å². The topological polar surface area (TPSA) is 38.4 Å². The number of nitrogens with two attached hydrogens (primary N) is 1. The molecular formula is C57H44N2. The molecule has 0 fully saturated rings. The van der Waals surface area contributed by atoms with Gasteiger partial charge in [-0.15, -0.1) is 0 Å². The second kappa shape index (κ2) is 14.9. The summed E-state index contributed by atoms with van der Waals surface area (Å²) in [5.41, 5.74) is 23.4. The highest BCUT2D eigenvalue weighted by molar-refractivity contribution is 6.06. The van der Waals surface area contributed by atoms with Crippen LogP contribution >= 0.6 is 0 Å². The van der Waals surface area contributed by atoms with E-state index in [1.807, 2.05) is 30.3 Å². The van der Waals surface area contributed by atoms with Gasteiger partial charge in [-0.05, 0) is 101 Å². The molecule has 282 valence electrons. The van der Waals surface area contributed by atoms with Gasteiger partial charge in [0, 0.05) is 16.5 Å². The predicted octanol–water partition coefficient (Wildman–Crippen LogP) is 14.3. The fraction of sp³-hybridized carbons (Fsp3) is 0.0702. The highest BCUT2D eigenvalue weighted by atomic mass is 14.9. The molecule has 0 spiro atoms. The second-order valence-corrected chi connectivity index (χ2v) is 16.1. The van der Waals surface area contributed by atoms with E-state index < -0.39 is 0 Å². The van der Waals surface area contributed by atoms with Crippen LogP contribution in [-0.4, -0.2) is 5.84 Å². The van der Waals surface area contributed by atoms with Crippen molar-refractivity contribution in [3.63, 3.8) is 0 Å². The van der Waals surface area contributed by atoms with Crippen LogP contribution in [0.4, 0.5) is 0 Å². The van der Waals surface area contributed by atoms with Crippen molar-refractivity contribution in [1.82, 2.24) is 0 Å². The molecule has 59 heavy (non-hydrogen) atoms. The lowest BCUT2D eigenvalue weighted by Gasteiger charge is -2.21. The molecule has 2 nitrogen and oxygen atoms in total. The molecule has 0 bridgehead atoms. The maximum absolute atomic E-state index is 6.75. The molecule has 0 unspecified atom stereocenters. The van der Waals surface area contributed by atoms with Crippen molar-refractivity contribution >= 4 is 33.1 Å². The van der Waals surface area contributed by atoms with Gasteiger partial charge in [0.05, 0.1) is 5.70 Å². The summed E-state index contributed by atoms with van der Waals surface area (Å²) in [4.78, 5) is 5.15. The minimum Gasteiger partial charge on any atom is -0.383 e. The van der Waals surface area contributed by atoms with Gasteiger partial charge in [0.2, 0.25) is 0 Å². The zero-order chi connectivity index (χ0) is 39.9. The van der Waals surface area contributed by atoms with E-state index in [-0.39, 0.29) is 5.41 Å². The van der Waals surface area contributed by atoms with Crippen LogP contribution in [0, 0.1) is 0 Å². The Kier molecular flexibility index (Phi) is 9.11. The monoisotopic (exact) mass is 756 g/mol. The number of nitrogens with zero attached hydrogens (tertiary/aromatic N) is 1. The van der Waals surface area contributed by atoms with Crippen LogP contribution in [0.15, 0.2) is 211 Å². The maximum Gasteiger partial charge on any atom is 0.131 e. The molecule has 0 aliphatic heterocycles. The third kappa shape index (κ3) is 6.73. The first-order chi connectivity index (χ1) is 28.9. The van der Waals surface area contributed by atoms with Gasteiger partial charge in [-0.2, -0.15) is 0 Å². The van der Waals surface area contributed by atoms with E-state index in [0.717, 1.165) is 22.2 Å². The van der Waals surface area contributed by atoms with Crippen molar-refractivity contribution in [1.29, 1.82) is 0 Å². The smallest absolute Gasteiger partial charge is 0.131 e. The van der Waals surface area contributed by atoms with E-state index in [0.29, 0.717) is 12.3 Å². The molecule has 1 aliphatic carbocycles. The van der Waals surface area contributed by atoms with Gasteiger partial charge >= 0.3 is 0 Å². The quantitative estimate of drug-likeness (QED) is 0.122. The number of benzene rings is 9. The molecule has 0 saturated carbocycles. The number of rotatable bonds is 8. The van der Waals surface area contributed by atoms with Crippen LogP contribution in [-0.2, 0) is 11.8 Å². The normalized spacial score (nSPS) is 13.4. The fourth-order valence-electron chi connectivity index (χ4n) is 9.00. The van der Waals surface area contributed by atoms with Gasteiger partial charge < -0.3 is 5.73 Å². The molecule has 9 aromatic carbocycles. The molecule has 2 N–H and O–H groups in total. The lowest BCUT2D eigenvalue weighted by Crippen LogP contribution is -2.14. The highest BCUT2D eigenvalue weighted by Gasteiger charge is 2.35. The van der Waals surface area contributed by atoms with Crippen LogP contribution in [0.2, 0.25) is 0 Å². The minimum absolute atomic E-state index is 0.00131. The summed E-state index contributed by atoms with van der Waals surface area (Å²) < 4.78 is 0. The highest BCUT2D eigenvalue weighted by Crippen LogP contribution is 2.49. The molecule has 10 rings (SSSR count). The lowest BCUT2D eigenvalue weighted by molar-refractivity contribution is 0.660. The maximum atomic E-state index is 6.75. The van der Waals surface area contributed by atoms with E-state index in [1.165, 1.54) is 77.4 Å². The third-order valence-corrected chi connectivity index (χ3v) is 12.2. The van der Waals surface area contributed by atoms with Gasteiger partial charge in [-0.25, -0.2) is 4.99 Å². The molecule has 9 aromatic rings. The Hall–Kier alpha value is -7.29. The summed E-state index contributed by atoms with van der Waals surface area (Å²) in [6.45, 7) is 4.66. The molecule has 0 radical (unpaired) electrons. The average Bonchev–Trinajstić information content (AvgIpc) is 3.52. The number of hydrogen-bond donors (Lipinski definition) is 1. The molecule has 1 aliphatic rings. The first kappa shape index (κ1) is 36.1. The second-order valence-electron chi connectivity index (χ2n) is 16.1. The van der Waals surface area contributed by atoms with E-state index >= 15 is 0 Å². The lowest BCUT2D eigenvalue weighted by atomic mass is 9.82. The summed E-state index contributed by atoms with van der Waals surface area (Å²) >= 11 is 0. The van der Waals surface area contributed by atoms with Crippen molar-refractivity contribution in [3.8, 4) is 44.5 Å². The van der Waals surface area contributed by atoms with E-state index in [4.69, 9.17) is 10.7 Å².